The smallest absolute Gasteiger partial charge is 0.282 e. The monoisotopic (exact) mass is 730 g/mol. The molecule has 0 spiro atoms. The van der Waals surface area contributed by atoms with Crippen molar-refractivity contribution < 1.29 is 41.7 Å². The van der Waals surface area contributed by atoms with E-state index in [1.807, 2.05) is 31.2 Å². The first-order valence-electron chi connectivity index (χ1n) is 17.5. The quantitative estimate of drug-likeness (QED) is 0.130. The first-order valence-corrected chi connectivity index (χ1v) is 19.0. The summed E-state index contributed by atoms with van der Waals surface area (Å²) in [4.78, 5) is 51.4. The minimum absolute atomic E-state index is 0.00814. The van der Waals surface area contributed by atoms with Crippen LogP contribution < -0.4 is 25.2 Å². The van der Waals surface area contributed by atoms with E-state index in [4.69, 9.17) is 24.7 Å². The van der Waals surface area contributed by atoms with Gasteiger partial charge < -0.3 is 34.9 Å². The predicted octanol–water partition coefficient (Wildman–Crippen LogP) is 2.27. The van der Waals surface area contributed by atoms with Gasteiger partial charge in [-0.05, 0) is 57.4 Å². The van der Waals surface area contributed by atoms with E-state index in [1.54, 1.807) is 27.2 Å². The molecule has 2 saturated carbocycles. The molecule has 1 aromatic carbocycles. The van der Waals surface area contributed by atoms with Crippen LogP contribution in [0, 0.1) is 11.8 Å². The molecule has 3 fully saturated rings. The fourth-order valence-corrected chi connectivity index (χ4v) is 7.87. The van der Waals surface area contributed by atoms with Crippen LogP contribution in [0.25, 0.3) is 10.8 Å². The molecule has 0 radical (unpaired) electrons. The van der Waals surface area contributed by atoms with Crippen LogP contribution in [0.15, 0.2) is 35.5 Å². The number of aromatic nitrogens is 1. The van der Waals surface area contributed by atoms with Gasteiger partial charge in [0.1, 0.15) is 36.1 Å². The molecule has 4 N–H and O–H groups in total. The van der Waals surface area contributed by atoms with Crippen LogP contribution in [-0.4, -0.2) is 104 Å². The highest BCUT2D eigenvalue weighted by Gasteiger charge is 2.61. The summed E-state index contributed by atoms with van der Waals surface area (Å²) in [5, 5.41) is 3.64. The van der Waals surface area contributed by atoms with Gasteiger partial charge in [-0.3, -0.25) is 19.1 Å². The molecule has 6 atom stereocenters. The fourth-order valence-electron chi connectivity index (χ4n) is 6.51. The molecule has 2 aliphatic carbocycles. The number of sulfonamides is 1. The third kappa shape index (κ3) is 9.01. The Bertz CT molecular complexity index is 1750. The third-order valence-corrected chi connectivity index (χ3v) is 11.3. The average molecular weight is 731 g/mol. The molecule has 280 valence electrons. The minimum Gasteiger partial charge on any atom is -0.489 e. The predicted molar refractivity (Wildman–Crippen MR) is 189 cm³/mol. The largest absolute Gasteiger partial charge is 0.489 e. The number of carbonyl (C=O) groups is 3. The van der Waals surface area contributed by atoms with Crippen LogP contribution in [0.1, 0.15) is 66.7 Å². The van der Waals surface area contributed by atoms with E-state index < -0.39 is 56.7 Å². The normalized spacial score (nSPS) is 24.6. The highest BCUT2D eigenvalue weighted by molar-refractivity contribution is 7.91. The number of nitrogens with zero attached hydrogens (tertiary/aromatic N) is 3. The van der Waals surface area contributed by atoms with Crippen molar-refractivity contribution in [3.8, 4) is 11.6 Å². The van der Waals surface area contributed by atoms with Crippen LogP contribution in [0.2, 0.25) is 0 Å². The molecule has 0 bridgehead atoms. The number of rotatable bonds is 16. The number of fused-ring (bicyclic) bond motifs is 1. The molecule has 1 aliphatic heterocycles. The van der Waals surface area contributed by atoms with Crippen molar-refractivity contribution in [2.75, 3.05) is 26.9 Å². The van der Waals surface area contributed by atoms with Gasteiger partial charge in [0.15, 0.2) is 0 Å². The molecular weight excluding hydrogens is 680 g/mol. The summed E-state index contributed by atoms with van der Waals surface area (Å²) < 4.78 is 50.4. The lowest BCUT2D eigenvalue weighted by atomic mass is 10.1. The average Bonchev–Trinajstić information content (AvgIpc) is 3.98. The summed E-state index contributed by atoms with van der Waals surface area (Å²) in [5.41, 5.74) is 4.65. The maximum absolute atomic E-state index is 14.0. The molecular formula is C35H50N6O9S. The molecule has 15 nitrogen and oxygen atoms in total. The van der Waals surface area contributed by atoms with Gasteiger partial charge in [0, 0.05) is 24.3 Å². The summed E-state index contributed by atoms with van der Waals surface area (Å²) in [6.07, 6.45) is 2.70. The van der Waals surface area contributed by atoms with Crippen LogP contribution in [0.3, 0.4) is 0 Å². The van der Waals surface area contributed by atoms with Gasteiger partial charge >= 0.3 is 0 Å². The molecule has 6 unspecified atom stereocenters. The second-order valence-electron chi connectivity index (χ2n) is 14.2. The highest BCUT2D eigenvalue weighted by Crippen LogP contribution is 2.44. The van der Waals surface area contributed by atoms with Crippen LogP contribution in [0.4, 0.5) is 0 Å². The Morgan fingerprint density at radius 2 is 1.80 bits per heavy atom. The number of carbonyl (C=O) groups excluding carboxylic acids is 3. The van der Waals surface area contributed by atoms with Gasteiger partial charge in [0.05, 0.1) is 30.7 Å². The van der Waals surface area contributed by atoms with E-state index in [0.29, 0.717) is 49.0 Å². The van der Waals surface area contributed by atoms with Crippen molar-refractivity contribution in [2.24, 2.45) is 22.6 Å². The fraction of sp³-hybridized carbons (Fsp3) is 0.629. The van der Waals surface area contributed by atoms with Crippen molar-refractivity contribution in [2.45, 2.75) is 102 Å². The standard InChI is InChI=1S/C35H50N6O9S/c1-20(2)15-22(4)49-34(36)38-23(5)32(43)41-19-24(50-31-27-10-8-7-9-26(27)29(18-37-31)48-14-13-47-6)16-28(41)30(42)39-35(17-21(35)3)33(44)40-51(45,46)25-11-12-25/h7-10,18,20-25,28H,11-17,19H2,1-6H3,(H2,36,38)(H,39,42)(H,40,44). The van der Waals surface area contributed by atoms with Crippen LogP contribution in [-0.2, 0) is 33.9 Å². The lowest BCUT2D eigenvalue weighted by Crippen LogP contribution is -2.57. The number of pyridine rings is 1. The summed E-state index contributed by atoms with van der Waals surface area (Å²) >= 11 is 0. The number of amides is 3. The van der Waals surface area contributed by atoms with Gasteiger partial charge in [-0.2, -0.15) is 0 Å². The molecule has 2 aromatic rings. The molecule has 5 rings (SSSR count). The van der Waals surface area contributed by atoms with Gasteiger partial charge in [-0.15, -0.1) is 0 Å². The van der Waals surface area contributed by atoms with Crippen molar-refractivity contribution in [3.63, 3.8) is 0 Å². The third-order valence-electron chi connectivity index (χ3n) is 9.46. The van der Waals surface area contributed by atoms with Crippen molar-refractivity contribution in [1.82, 2.24) is 19.9 Å². The van der Waals surface area contributed by atoms with E-state index in [2.05, 4.69) is 33.9 Å². The van der Waals surface area contributed by atoms with Crippen molar-refractivity contribution >= 4 is 44.5 Å². The topological polar surface area (TPSA) is 201 Å². The van der Waals surface area contributed by atoms with Crippen LogP contribution >= 0.6 is 0 Å². The van der Waals surface area contributed by atoms with Gasteiger partial charge in [-0.25, -0.2) is 18.4 Å². The second kappa shape index (κ2) is 15.6. The lowest BCUT2D eigenvalue weighted by molar-refractivity contribution is -0.140. The van der Waals surface area contributed by atoms with E-state index >= 15 is 0 Å². The van der Waals surface area contributed by atoms with Gasteiger partial charge in [0.2, 0.25) is 27.7 Å². The maximum Gasteiger partial charge on any atom is 0.282 e. The Morgan fingerprint density at radius 3 is 2.43 bits per heavy atom. The molecule has 3 amide bonds. The molecule has 3 aliphatic rings. The van der Waals surface area contributed by atoms with E-state index in [1.165, 1.54) is 4.90 Å². The number of nitrogens with two attached hydrogens (primary N) is 1. The van der Waals surface area contributed by atoms with E-state index in [9.17, 15) is 22.8 Å². The zero-order chi connectivity index (χ0) is 37.1. The summed E-state index contributed by atoms with van der Waals surface area (Å²) in [5.74, 6) is -0.987. The number of amidine groups is 1. The number of hydrogen-bond acceptors (Lipinski definition) is 11. The first kappa shape index (κ1) is 38.1. The molecule has 2 heterocycles. The molecule has 16 heteroatoms. The number of hydrogen-bond donors (Lipinski definition) is 3. The van der Waals surface area contributed by atoms with E-state index in [-0.39, 0.29) is 37.4 Å². The SMILES string of the molecule is COCCOc1cnc(OC2CC(C(=O)NC3(C(=O)NS(=O)(=O)C4CC4)CC3C)N(C(=O)C(C)N=C(N)OC(C)CC(C)C)C2)c2ccccc12. The van der Waals surface area contributed by atoms with Crippen molar-refractivity contribution in [1.29, 1.82) is 0 Å². The Morgan fingerprint density at radius 1 is 1.12 bits per heavy atom. The zero-order valence-electron chi connectivity index (χ0n) is 30.1. The zero-order valence-corrected chi connectivity index (χ0v) is 30.9. The minimum atomic E-state index is -3.84. The molecule has 1 aromatic heterocycles. The summed E-state index contributed by atoms with van der Waals surface area (Å²) in [6, 6.07) is 5.22. The summed E-state index contributed by atoms with van der Waals surface area (Å²) in [6.45, 7) is 10.0. The van der Waals surface area contributed by atoms with Gasteiger partial charge in [0.25, 0.3) is 11.9 Å². The number of methoxy groups -OCH3 is 1. The Kier molecular flexibility index (Phi) is 11.6. The second-order valence-corrected chi connectivity index (χ2v) is 16.2. The number of benzene rings is 1. The van der Waals surface area contributed by atoms with Gasteiger partial charge in [-0.1, -0.05) is 39.0 Å². The van der Waals surface area contributed by atoms with Crippen LogP contribution in [0.5, 0.6) is 11.6 Å². The Balaban J connectivity index is 1.37. The number of nitrogens with one attached hydrogen (secondary N) is 2. The molecule has 51 heavy (non-hydrogen) atoms. The number of ether oxygens (including phenoxy) is 4. The Hall–Kier alpha value is -4.18. The van der Waals surface area contributed by atoms with Crippen molar-refractivity contribution in [3.05, 3.63) is 30.5 Å². The maximum atomic E-state index is 14.0. The number of likely N-dealkylation sites (tertiary alicyclic amines) is 1. The Labute approximate surface area is 299 Å². The highest BCUT2D eigenvalue weighted by atomic mass is 32.2. The summed E-state index contributed by atoms with van der Waals surface area (Å²) in [7, 11) is -2.25. The number of aliphatic imine (C=N–C) groups is 1. The van der Waals surface area contributed by atoms with E-state index in [0.717, 1.165) is 11.8 Å². The lowest BCUT2D eigenvalue weighted by Gasteiger charge is -2.27. The molecule has 1 saturated heterocycles. The first-order chi connectivity index (χ1) is 24.1.